The summed E-state index contributed by atoms with van der Waals surface area (Å²) in [5, 5.41) is 0. The summed E-state index contributed by atoms with van der Waals surface area (Å²) < 4.78 is 28.2. The number of carbonyl (C=O) groups excluding carboxylic acids is 3. The number of methoxy groups -OCH3 is 1. The van der Waals surface area contributed by atoms with Crippen LogP contribution in [0.25, 0.3) is 0 Å². The van der Waals surface area contributed by atoms with Gasteiger partial charge >= 0.3 is 5.97 Å². The van der Waals surface area contributed by atoms with Gasteiger partial charge in [0.15, 0.2) is 15.6 Å². The van der Waals surface area contributed by atoms with Gasteiger partial charge in [-0.3, -0.25) is 9.59 Å². The van der Waals surface area contributed by atoms with Crippen LogP contribution in [0.4, 0.5) is 0 Å². The topological polar surface area (TPSA) is 97.8 Å². The number of hydrogen-bond donors (Lipinski definition) is 0. The van der Waals surface area contributed by atoms with E-state index >= 15 is 0 Å². The molecule has 22 heavy (non-hydrogen) atoms. The molecule has 0 aromatic heterocycles. The van der Waals surface area contributed by atoms with Crippen molar-refractivity contribution < 1.29 is 27.5 Å². The summed E-state index contributed by atoms with van der Waals surface area (Å²) in [5.74, 6) is -2.00. The van der Waals surface area contributed by atoms with Gasteiger partial charge in [0.25, 0.3) is 0 Å². The Bertz CT molecular complexity index is 566. The highest BCUT2D eigenvalue weighted by Crippen LogP contribution is 2.30. The second kappa shape index (κ2) is 6.76. The van der Waals surface area contributed by atoms with E-state index < -0.39 is 45.7 Å². The second-order valence-electron chi connectivity index (χ2n) is 5.98. The number of amides is 1. The van der Waals surface area contributed by atoms with Crippen molar-refractivity contribution in [2.24, 2.45) is 5.92 Å². The van der Waals surface area contributed by atoms with E-state index in [4.69, 9.17) is 0 Å². The Morgan fingerprint density at radius 1 is 1.18 bits per heavy atom. The molecule has 2 aliphatic rings. The van der Waals surface area contributed by atoms with Gasteiger partial charge in [-0.25, -0.2) is 13.2 Å². The van der Waals surface area contributed by atoms with Gasteiger partial charge < -0.3 is 9.64 Å². The third-order valence-corrected chi connectivity index (χ3v) is 5.70. The molecule has 1 saturated heterocycles. The zero-order valence-corrected chi connectivity index (χ0v) is 13.4. The Hall–Kier alpha value is -1.44. The lowest BCUT2D eigenvalue weighted by Gasteiger charge is -2.22. The summed E-state index contributed by atoms with van der Waals surface area (Å²) in [7, 11) is -2.18. The Balaban J connectivity index is 1.87. The first-order valence-corrected chi connectivity index (χ1v) is 9.24. The minimum Gasteiger partial charge on any atom is -0.467 e. The van der Waals surface area contributed by atoms with Crippen LogP contribution in [0.2, 0.25) is 0 Å². The van der Waals surface area contributed by atoms with Gasteiger partial charge in [0.2, 0.25) is 5.91 Å². The number of nitrogens with zero attached hydrogens (tertiary/aromatic N) is 1. The predicted octanol–water partition coefficient (Wildman–Crippen LogP) is -0.0656. The highest BCUT2D eigenvalue weighted by Gasteiger charge is 2.36. The molecule has 0 bridgehead atoms. The molecule has 1 unspecified atom stereocenters. The molecule has 0 spiro atoms. The molecule has 8 heteroatoms. The van der Waals surface area contributed by atoms with E-state index in [9.17, 15) is 22.8 Å². The van der Waals surface area contributed by atoms with Gasteiger partial charge in [-0.2, -0.15) is 0 Å². The van der Waals surface area contributed by atoms with Gasteiger partial charge in [0.05, 0.1) is 19.3 Å². The van der Waals surface area contributed by atoms with E-state index in [0.717, 1.165) is 12.8 Å². The number of ketones is 1. The molecule has 1 aliphatic heterocycles. The van der Waals surface area contributed by atoms with E-state index in [1.165, 1.54) is 12.0 Å². The van der Waals surface area contributed by atoms with Crippen LogP contribution in [0.3, 0.4) is 0 Å². The molecule has 0 aromatic carbocycles. The van der Waals surface area contributed by atoms with Gasteiger partial charge in [0.1, 0.15) is 11.8 Å². The van der Waals surface area contributed by atoms with Crippen molar-refractivity contribution in [1.29, 1.82) is 0 Å². The first-order valence-electron chi connectivity index (χ1n) is 7.42. The summed E-state index contributed by atoms with van der Waals surface area (Å²) in [6.45, 7) is 0.390. The van der Waals surface area contributed by atoms with E-state index in [0.29, 0.717) is 19.4 Å². The van der Waals surface area contributed by atoms with Crippen LogP contribution >= 0.6 is 0 Å². The van der Waals surface area contributed by atoms with Crippen LogP contribution in [0.15, 0.2) is 0 Å². The number of likely N-dealkylation sites (tertiary alicyclic amines) is 1. The molecular weight excluding hydrogens is 310 g/mol. The van der Waals surface area contributed by atoms with Crippen LogP contribution in [-0.2, 0) is 29.0 Å². The Labute approximate surface area is 129 Å². The maximum absolute atomic E-state index is 12.1. The van der Waals surface area contributed by atoms with Crippen LogP contribution in [0.5, 0.6) is 0 Å². The van der Waals surface area contributed by atoms with Gasteiger partial charge in [-0.1, -0.05) is 0 Å². The van der Waals surface area contributed by atoms with Crippen molar-refractivity contribution in [3.63, 3.8) is 0 Å². The molecule has 1 amide bonds. The van der Waals surface area contributed by atoms with Crippen LogP contribution < -0.4 is 0 Å². The summed E-state index contributed by atoms with van der Waals surface area (Å²) >= 11 is 0. The maximum atomic E-state index is 12.1. The Kier molecular flexibility index (Phi) is 5.20. The largest absolute Gasteiger partial charge is 0.467 e. The minimum absolute atomic E-state index is 0.0292. The number of carbonyl (C=O) groups is 3. The smallest absolute Gasteiger partial charge is 0.328 e. The number of Topliss-reactive ketones (excluding diaryl/α,β-unsaturated/α-hetero) is 1. The van der Waals surface area contributed by atoms with Crippen LogP contribution in [0.1, 0.15) is 32.1 Å². The molecule has 7 nitrogen and oxygen atoms in total. The molecule has 124 valence electrons. The summed E-state index contributed by atoms with van der Waals surface area (Å²) in [4.78, 5) is 36.8. The lowest BCUT2D eigenvalue weighted by atomic mass is 10.2. The molecule has 1 atom stereocenters. The normalized spacial score (nSPS) is 21.7. The van der Waals surface area contributed by atoms with Crippen molar-refractivity contribution in [2.45, 2.75) is 38.1 Å². The molecule has 0 aromatic rings. The number of hydrogen-bond acceptors (Lipinski definition) is 6. The summed E-state index contributed by atoms with van der Waals surface area (Å²) in [6, 6.07) is -0.659. The van der Waals surface area contributed by atoms with Crippen molar-refractivity contribution in [1.82, 2.24) is 4.90 Å². The lowest BCUT2D eigenvalue weighted by Crippen LogP contribution is -2.42. The van der Waals surface area contributed by atoms with Crippen molar-refractivity contribution in [3.05, 3.63) is 0 Å². The first kappa shape index (κ1) is 16.9. The van der Waals surface area contributed by atoms with E-state index in [-0.39, 0.29) is 11.7 Å². The molecule has 1 aliphatic carbocycles. The highest BCUT2D eigenvalue weighted by atomic mass is 32.2. The molecule has 2 rings (SSSR count). The van der Waals surface area contributed by atoms with E-state index in [1.54, 1.807) is 0 Å². The molecular formula is C14H21NO6S. The number of esters is 1. The monoisotopic (exact) mass is 331 g/mol. The maximum Gasteiger partial charge on any atom is 0.328 e. The predicted molar refractivity (Wildman–Crippen MR) is 77.8 cm³/mol. The van der Waals surface area contributed by atoms with Crippen molar-refractivity contribution in [3.8, 4) is 0 Å². The number of ether oxygens (including phenoxy) is 1. The highest BCUT2D eigenvalue weighted by molar-refractivity contribution is 7.92. The SMILES string of the molecule is COC(=O)C1CCCN1C(=O)CC(=O)CS(=O)(=O)CC1CC1. The van der Waals surface area contributed by atoms with Gasteiger partial charge in [-0.15, -0.1) is 0 Å². The third-order valence-electron chi connectivity index (χ3n) is 3.96. The molecule has 2 fully saturated rings. The molecule has 1 saturated carbocycles. The minimum atomic E-state index is -3.43. The average Bonchev–Trinajstić information content (AvgIpc) is 3.07. The van der Waals surface area contributed by atoms with E-state index in [2.05, 4.69) is 4.74 Å². The Morgan fingerprint density at radius 3 is 2.45 bits per heavy atom. The van der Waals surface area contributed by atoms with E-state index in [1.807, 2.05) is 0 Å². The molecule has 0 N–H and O–H groups in total. The van der Waals surface area contributed by atoms with Crippen molar-refractivity contribution in [2.75, 3.05) is 25.2 Å². The summed E-state index contributed by atoms with van der Waals surface area (Å²) in [6.07, 6.45) is 2.48. The zero-order valence-electron chi connectivity index (χ0n) is 12.6. The Morgan fingerprint density at radius 2 is 1.86 bits per heavy atom. The zero-order chi connectivity index (χ0) is 16.3. The van der Waals surface area contributed by atoms with Crippen LogP contribution in [-0.4, -0.2) is 62.2 Å². The van der Waals surface area contributed by atoms with Gasteiger partial charge in [0, 0.05) is 6.54 Å². The number of rotatable bonds is 7. The quantitative estimate of drug-likeness (QED) is 0.479. The lowest BCUT2D eigenvalue weighted by molar-refractivity contribution is -0.151. The van der Waals surface area contributed by atoms with Crippen molar-refractivity contribution >= 4 is 27.5 Å². The van der Waals surface area contributed by atoms with Crippen LogP contribution in [0, 0.1) is 5.92 Å². The summed E-state index contributed by atoms with van der Waals surface area (Å²) in [5.41, 5.74) is 0. The van der Waals surface area contributed by atoms with Gasteiger partial charge in [-0.05, 0) is 31.6 Å². The number of sulfone groups is 1. The molecule has 1 heterocycles. The molecule has 0 radical (unpaired) electrons. The fourth-order valence-corrected chi connectivity index (χ4v) is 4.48. The third kappa shape index (κ3) is 4.53. The second-order valence-corrected chi connectivity index (χ2v) is 8.09. The standard InChI is InChI=1S/C14H21NO6S/c1-21-14(18)12-3-2-6-15(12)13(17)7-11(16)9-22(19,20)8-10-4-5-10/h10,12H,2-9H2,1H3. The first-order chi connectivity index (χ1) is 10.3. The fraction of sp³-hybridized carbons (Fsp3) is 0.786. The fourth-order valence-electron chi connectivity index (χ4n) is 2.72. The average molecular weight is 331 g/mol.